The van der Waals surface area contributed by atoms with Crippen LogP contribution in [0.4, 0.5) is 0 Å². The maximum absolute atomic E-state index is 5.79. The first-order valence-corrected chi connectivity index (χ1v) is 4.72. The first-order chi connectivity index (χ1) is 5.95. The molecule has 0 amide bonds. The van der Waals surface area contributed by atoms with Gasteiger partial charge in [-0.1, -0.05) is 32.4 Å². The molecule has 0 aromatic carbocycles. The third kappa shape index (κ3) is 2.45. The molecule has 1 atom stereocenters. The van der Waals surface area contributed by atoms with Gasteiger partial charge in [0.1, 0.15) is 0 Å². The number of rotatable bonds is 2. The Labute approximate surface area is 83.9 Å². The minimum Gasteiger partial charge on any atom is -0.328 e. The molecule has 0 saturated heterocycles. The highest BCUT2D eigenvalue weighted by atomic mass is 35.5. The summed E-state index contributed by atoms with van der Waals surface area (Å²) in [4.78, 5) is 0. The van der Waals surface area contributed by atoms with Gasteiger partial charge in [0.2, 0.25) is 0 Å². The van der Waals surface area contributed by atoms with Crippen molar-refractivity contribution in [1.82, 2.24) is 9.78 Å². The Balaban J connectivity index is 2.91. The predicted octanol–water partition coefficient (Wildman–Crippen LogP) is 2.08. The van der Waals surface area contributed by atoms with Crippen LogP contribution in [0.2, 0.25) is 5.02 Å². The number of hydrogen-bond donors (Lipinski definition) is 1. The third-order valence-corrected chi connectivity index (χ3v) is 2.31. The molecule has 4 heteroatoms. The number of hydrogen-bond acceptors (Lipinski definition) is 2. The Hall–Kier alpha value is -0.540. The highest BCUT2D eigenvalue weighted by molar-refractivity contribution is 6.30. The van der Waals surface area contributed by atoms with Gasteiger partial charge in [0.15, 0.2) is 0 Å². The van der Waals surface area contributed by atoms with Gasteiger partial charge in [0.05, 0.1) is 17.3 Å². The van der Waals surface area contributed by atoms with E-state index >= 15 is 0 Å². The van der Waals surface area contributed by atoms with E-state index in [1.54, 1.807) is 6.20 Å². The van der Waals surface area contributed by atoms with Gasteiger partial charge in [-0.15, -0.1) is 0 Å². The van der Waals surface area contributed by atoms with E-state index < -0.39 is 0 Å². The molecule has 0 aliphatic carbocycles. The van der Waals surface area contributed by atoms with E-state index in [1.165, 1.54) is 0 Å². The van der Waals surface area contributed by atoms with Crippen LogP contribution >= 0.6 is 11.6 Å². The number of nitrogens with two attached hydrogens (primary N) is 1. The van der Waals surface area contributed by atoms with Gasteiger partial charge >= 0.3 is 0 Å². The van der Waals surface area contributed by atoms with E-state index in [0.29, 0.717) is 11.6 Å². The molecule has 0 bridgehead atoms. The number of halogens is 1. The molecule has 13 heavy (non-hydrogen) atoms. The van der Waals surface area contributed by atoms with E-state index in [-0.39, 0.29) is 11.5 Å². The largest absolute Gasteiger partial charge is 0.328 e. The predicted molar refractivity (Wildman–Crippen MR) is 54.8 cm³/mol. The standard InChI is InChI=1S/C9H16ClN3/c1-9(2,3)8(4-11)13-6-7(10)5-12-13/h5-6,8H,4,11H2,1-3H3. The molecule has 0 aliphatic heterocycles. The quantitative estimate of drug-likeness (QED) is 0.797. The summed E-state index contributed by atoms with van der Waals surface area (Å²) < 4.78 is 1.84. The van der Waals surface area contributed by atoms with Gasteiger partial charge < -0.3 is 5.73 Å². The lowest BCUT2D eigenvalue weighted by molar-refractivity contribution is 0.231. The topological polar surface area (TPSA) is 43.8 Å². The van der Waals surface area contributed by atoms with Crippen LogP contribution in [0.1, 0.15) is 26.8 Å². The molecule has 0 saturated carbocycles. The van der Waals surface area contributed by atoms with Gasteiger partial charge in [0.25, 0.3) is 0 Å². The molecule has 3 nitrogen and oxygen atoms in total. The minimum absolute atomic E-state index is 0.101. The first kappa shape index (κ1) is 10.5. The van der Waals surface area contributed by atoms with Crippen LogP contribution in [-0.2, 0) is 0 Å². The highest BCUT2D eigenvalue weighted by Crippen LogP contribution is 2.29. The molecule has 0 aliphatic rings. The second-order valence-corrected chi connectivity index (χ2v) is 4.69. The normalized spacial score (nSPS) is 14.5. The summed E-state index contributed by atoms with van der Waals surface area (Å²) in [5.41, 5.74) is 5.80. The Kier molecular flexibility index (Phi) is 2.98. The monoisotopic (exact) mass is 201 g/mol. The van der Waals surface area contributed by atoms with Gasteiger partial charge in [-0.25, -0.2) is 0 Å². The molecule has 1 aromatic rings. The van der Waals surface area contributed by atoms with Crippen molar-refractivity contribution in [3.8, 4) is 0 Å². The summed E-state index contributed by atoms with van der Waals surface area (Å²) in [6.45, 7) is 6.99. The molecule has 1 aromatic heterocycles. The van der Waals surface area contributed by atoms with Crippen LogP contribution in [-0.4, -0.2) is 16.3 Å². The zero-order valence-corrected chi connectivity index (χ0v) is 9.04. The summed E-state index contributed by atoms with van der Waals surface area (Å²) in [7, 11) is 0. The summed E-state index contributed by atoms with van der Waals surface area (Å²) >= 11 is 5.79. The second kappa shape index (κ2) is 3.68. The third-order valence-electron chi connectivity index (χ3n) is 2.11. The van der Waals surface area contributed by atoms with E-state index in [2.05, 4.69) is 25.9 Å². The van der Waals surface area contributed by atoms with Gasteiger partial charge in [-0.2, -0.15) is 5.10 Å². The molecule has 1 heterocycles. The minimum atomic E-state index is 0.101. The van der Waals surface area contributed by atoms with Crippen molar-refractivity contribution in [3.05, 3.63) is 17.4 Å². The molecule has 0 radical (unpaired) electrons. The number of nitrogens with zero attached hydrogens (tertiary/aromatic N) is 2. The first-order valence-electron chi connectivity index (χ1n) is 4.35. The summed E-state index contributed by atoms with van der Waals surface area (Å²) in [5, 5.41) is 4.81. The second-order valence-electron chi connectivity index (χ2n) is 4.26. The summed E-state index contributed by atoms with van der Waals surface area (Å²) in [6, 6.07) is 0.194. The van der Waals surface area contributed by atoms with Crippen LogP contribution in [0.15, 0.2) is 12.4 Å². The Bertz CT molecular complexity index is 275. The van der Waals surface area contributed by atoms with Crippen molar-refractivity contribution in [3.63, 3.8) is 0 Å². The van der Waals surface area contributed by atoms with Crippen LogP contribution in [0.3, 0.4) is 0 Å². The van der Waals surface area contributed by atoms with Crippen molar-refractivity contribution in [2.75, 3.05) is 6.54 Å². The molecule has 0 fully saturated rings. The molecule has 74 valence electrons. The van der Waals surface area contributed by atoms with Crippen molar-refractivity contribution in [1.29, 1.82) is 0 Å². The van der Waals surface area contributed by atoms with Crippen LogP contribution in [0, 0.1) is 5.41 Å². The lowest BCUT2D eigenvalue weighted by Gasteiger charge is -2.29. The smallest absolute Gasteiger partial charge is 0.0785 e. The lowest BCUT2D eigenvalue weighted by atomic mass is 9.87. The SMILES string of the molecule is CC(C)(C)C(CN)n1cc(Cl)cn1. The molecule has 1 unspecified atom stereocenters. The fourth-order valence-corrected chi connectivity index (χ4v) is 1.49. The number of aromatic nitrogens is 2. The molecule has 1 rings (SSSR count). The fourth-order valence-electron chi connectivity index (χ4n) is 1.34. The van der Waals surface area contributed by atoms with Gasteiger partial charge in [-0.05, 0) is 5.41 Å². The molecular weight excluding hydrogens is 186 g/mol. The van der Waals surface area contributed by atoms with Crippen LogP contribution in [0.25, 0.3) is 0 Å². The van der Waals surface area contributed by atoms with Crippen LogP contribution in [0.5, 0.6) is 0 Å². The molecule has 0 spiro atoms. The summed E-state index contributed by atoms with van der Waals surface area (Å²) in [6.07, 6.45) is 3.44. The van der Waals surface area contributed by atoms with E-state index in [1.807, 2.05) is 10.9 Å². The maximum atomic E-state index is 5.79. The van der Waals surface area contributed by atoms with Crippen molar-refractivity contribution in [2.24, 2.45) is 11.1 Å². The zero-order chi connectivity index (χ0) is 10.1. The van der Waals surface area contributed by atoms with Crippen molar-refractivity contribution >= 4 is 11.6 Å². The Morgan fingerprint density at radius 1 is 1.62 bits per heavy atom. The Morgan fingerprint density at radius 3 is 2.54 bits per heavy atom. The van der Waals surface area contributed by atoms with Crippen molar-refractivity contribution < 1.29 is 0 Å². The van der Waals surface area contributed by atoms with E-state index in [0.717, 1.165) is 0 Å². The average Bonchev–Trinajstić information content (AvgIpc) is 2.34. The van der Waals surface area contributed by atoms with E-state index in [9.17, 15) is 0 Å². The van der Waals surface area contributed by atoms with E-state index in [4.69, 9.17) is 17.3 Å². The molecule has 2 N–H and O–H groups in total. The summed E-state index contributed by atoms with van der Waals surface area (Å²) in [5.74, 6) is 0. The lowest BCUT2D eigenvalue weighted by Crippen LogP contribution is -2.31. The Morgan fingerprint density at radius 2 is 2.23 bits per heavy atom. The zero-order valence-electron chi connectivity index (χ0n) is 8.29. The van der Waals surface area contributed by atoms with Crippen molar-refractivity contribution in [2.45, 2.75) is 26.8 Å². The fraction of sp³-hybridized carbons (Fsp3) is 0.667. The maximum Gasteiger partial charge on any atom is 0.0785 e. The average molecular weight is 202 g/mol. The highest BCUT2D eigenvalue weighted by Gasteiger charge is 2.25. The van der Waals surface area contributed by atoms with Gasteiger partial charge in [0, 0.05) is 12.7 Å². The van der Waals surface area contributed by atoms with Crippen LogP contribution < -0.4 is 5.73 Å². The molecular formula is C9H16ClN3. The van der Waals surface area contributed by atoms with Gasteiger partial charge in [-0.3, -0.25) is 4.68 Å².